The van der Waals surface area contributed by atoms with Gasteiger partial charge in [0.1, 0.15) is 5.75 Å². The molecule has 0 amide bonds. The van der Waals surface area contributed by atoms with Gasteiger partial charge in [-0.15, -0.1) is 24.8 Å². The molecule has 0 radical (unpaired) electrons. The molecule has 1 heterocycles. The number of pyridine rings is 1. The van der Waals surface area contributed by atoms with Crippen LogP contribution in [0, 0.1) is 0 Å². The van der Waals surface area contributed by atoms with Gasteiger partial charge in [0.25, 0.3) is 0 Å². The third-order valence-electron chi connectivity index (χ3n) is 4.73. The van der Waals surface area contributed by atoms with Crippen molar-refractivity contribution in [3.05, 3.63) is 52.0 Å². The van der Waals surface area contributed by atoms with Crippen LogP contribution in [-0.4, -0.2) is 90.6 Å². The minimum Gasteiger partial charge on any atom is -0.507 e. The lowest BCUT2D eigenvalue weighted by Gasteiger charge is -2.21. The molecule has 170 valence electrons. The van der Waals surface area contributed by atoms with Gasteiger partial charge in [-0.05, 0) is 46.4 Å². The molecule has 0 fully saturated rings. The van der Waals surface area contributed by atoms with Crippen LogP contribution in [0.3, 0.4) is 0 Å². The van der Waals surface area contributed by atoms with E-state index in [0.29, 0.717) is 41.2 Å². The molecule has 0 aromatic carbocycles. The van der Waals surface area contributed by atoms with Gasteiger partial charge in [0, 0.05) is 24.8 Å². The Balaban J connectivity index is 0.00000240. The number of likely N-dealkylation sites (N-methyl/N-ethyl adjacent to an activating group) is 2. The second-order valence-electron chi connectivity index (χ2n) is 7.55. The predicted molar refractivity (Wildman–Crippen MR) is 130 cm³/mol. The standard InChI is InChI=1S/C21H27N5O3.2ClH/c1-24(2)11-8-22-16-5-6-17(23-9-12-25(3)4)19-18(16)20(27)14-7-10-26(29)13-15(14)21(19)28;;/h5-7,10,13,27,29H,8-9,11-12H2,1-4H3;2*1H. The van der Waals surface area contributed by atoms with Crippen molar-refractivity contribution in [1.29, 1.82) is 0 Å². The minimum atomic E-state index is -0.288. The highest BCUT2D eigenvalue weighted by Gasteiger charge is 2.29. The summed E-state index contributed by atoms with van der Waals surface area (Å²) in [5.74, 6) is -0.0246. The summed E-state index contributed by atoms with van der Waals surface area (Å²) in [6, 6.07) is 1.52. The number of hydrogen-bond donors (Lipinski definition) is 2. The Kier molecular flexibility index (Phi) is 9.71. The number of aromatic nitrogens is 1. The summed E-state index contributed by atoms with van der Waals surface area (Å²) in [5, 5.41) is 20.8. The largest absolute Gasteiger partial charge is 0.507 e. The SMILES string of the molecule is CN(C)CCN=C1C=CC(=NCCN(C)C)c2c1c(O)c1ccn(O)cc-1c2=O.Cl.Cl. The van der Waals surface area contributed by atoms with E-state index in [2.05, 4.69) is 9.98 Å². The van der Waals surface area contributed by atoms with Crippen LogP contribution in [0.25, 0.3) is 11.1 Å². The number of allylic oxidation sites excluding steroid dienone is 2. The number of aromatic hydroxyl groups is 1. The molecule has 8 nitrogen and oxygen atoms in total. The molecule has 0 saturated heterocycles. The first-order valence-electron chi connectivity index (χ1n) is 9.47. The minimum absolute atomic E-state index is 0. The van der Waals surface area contributed by atoms with E-state index < -0.39 is 0 Å². The maximum atomic E-state index is 13.3. The average molecular weight is 470 g/mol. The Bertz CT molecular complexity index is 1030. The van der Waals surface area contributed by atoms with Crippen LogP contribution < -0.4 is 5.43 Å². The highest BCUT2D eigenvalue weighted by molar-refractivity contribution is 6.27. The van der Waals surface area contributed by atoms with Gasteiger partial charge in [-0.2, -0.15) is 0 Å². The monoisotopic (exact) mass is 469 g/mol. The van der Waals surface area contributed by atoms with Crippen LogP contribution in [0.5, 0.6) is 5.75 Å². The van der Waals surface area contributed by atoms with Crippen LogP contribution in [0.4, 0.5) is 0 Å². The second-order valence-corrected chi connectivity index (χ2v) is 7.55. The van der Waals surface area contributed by atoms with Crippen molar-refractivity contribution in [3.63, 3.8) is 0 Å². The number of halogens is 2. The maximum Gasteiger partial charge on any atom is 0.198 e. The molecule has 0 unspecified atom stereocenters. The molecular weight excluding hydrogens is 441 g/mol. The first-order valence-corrected chi connectivity index (χ1v) is 9.47. The average Bonchev–Trinajstić information content (AvgIpc) is 2.66. The first-order chi connectivity index (χ1) is 13.8. The molecule has 0 bridgehead atoms. The molecular formula is C21H29Cl2N5O3. The molecule has 2 aliphatic carbocycles. The van der Waals surface area contributed by atoms with E-state index in [1.165, 1.54) is 18.5 Å². The van der Waals surface area contributed by atoms with Crippen LogP contribution >= 0.6 is 24.8 Å². The lowest BCUT2D eigenvalue weighted by Crippen LogP contribution is -2.27. The van der Waals surface area contributed by atoms with Gasteiger partial charge >= 0.3 is 0 Å². The van der Waals surface area contributed by atoms with Crippen molar-refractivity contribution >= 4 is 36.2 Å². The molecule has 3 rings (SSSR count). The number of aliphatic imine (C=N–C) groups is 2. The maximum absolute atomic E-state index is 13.3. The van der Waals surface area contributed by atoms with Crippen molar-refractivity contribution in [3.8, 4) is 16.9 Å². The number of fused-ring (bicyclic) bond motifs is 2. The van der Waals surface area contributed by atoms with Gasteiger partial charge in [-0.3, -0.25) is 14.8 Å². The van der Waals surface area contributed by atoms with E-state index in [-0.39, 0.29) is 41.6 Å². The van der Waals surface area contributed by atoms with Gasteiger partial charge in [-0.25, -0.2) is 4.73 Å². The molecule has 0 aromatic heterocycles. The number of phenolic OH excluding ortho intramolecular Hbond substituents is 1. The van der Waals surface area contributed by atoms with Crippen molar-refractivity contribution in [2.75, 3.05) is 54.4 Å². The molecule has 0 saturated carbocycles. The van der Waals surface area contributed by atoms with E-state index >= 15 is 0 Å². The van der Waals surface area contributed by atoms with Gasteiger partial charge in [0.2, 0.25) is 0 Å². The zero-order valence-corrected chi connectivity index (χ0v) is 19.7. The summed E-state index contributed by atoms with van der Waals surface area (Å²) in [5.41, 5.74) is 2.13. The number of rotatable bonds is 6. The first kappa shape index (κ1) is 26.6. The fourth-order valence-electron chi connectivity index (χ4n) is 3.20. The lowest BCUT2D eigenvalue weighted by atomic mass is 9.86. The van der Waals surface area contributed by atoms with Gasteiger partial charge in [0.05, 0.1) is 47.4 Å². The molecule has 2 N–H and O–H groups in total. The van der Waals surface area contributed by atoms with Crippen LogP contribution in [0.1, 0.15) is 11.1 Å². The van der Waals surface area contributed by atoms with Crippen molar-refractivity contribution in [1.82, 2.24) is 14.5 Å². The summed E-state index contributed by atoms with van der Waals surface area (Å²) in [4.78, 5) is 26.5. The lowest BCUT2D eigenvalue weighted by molar-refractivity contribution is 0.184. The van der Waals surface area contributed by atoms with E-state index in [4.69, 9.17) is 0 Å². The molecule has 0 spiro atoms. The zero-order chi connectivity index (χ0) is 21.1. The zero-order valence-electron chi connectivity index (χ0n) is 18.1. The summed E-state index contributed by atoms with van der Waals surface area (Å²) in [6.45, 7) is 2.54. The predicted octanol–water partition coefficient (Wildman–Crippen LogP) is 2.01. The fraction of sp³-hybridized carbons (Fsp3) is 0.381. The van der Waals surface area contributed by atoms with Crippen molar-refractivity contribution in [2.45, 2.75) is 0 Å². The molecule has 0 atom stereocenters. The third-order valence-corrected chi connectivity index (χ3v) is 4.73. The molecule has 10 heteroatoms. The van der Waals surface area contributed by atoms with E-state index in [1.54, 1.807) is 12.2 Å². The summed E-state index contributed by atoms with van der Waals surface area (Å²) >= 11 is 0. The number of benzene rings is 1. The van der Waals surface area contributed by atoms with Gasteiger partial charge in [0.15, 0.2) is 5.43 Å². The number of hydrogen-bond acceptors (Lipinski definition) is 7. The normalized spacial score (nSPS) is 15.4. The fourth-order valence-corrected chi connectivity index (χ4v) is 3.20. The van der Waals surface area contributed by atoms with Gasteiger partial charge < -0.3 is 20.1 Å². The van der Waals surface area contributed by atoms with E-state index in [0.717, 1.165) is 17.8 Å². The Labute approximate surface area is 194 Å². The molecule has 3 aliphatic rings. The topological polar surface area (TPSA) is 93.7 Å². The Hall–Kier alpha value is -2.39. The van der Waals surface area contributed by atoms with Crippen LogP contribution in [0.15, 0.2) is 45.4 Å². The van der Waals surface area contributed by atoms with Crippen molar-refractivity contribution < 1.29 is 10.3 Å². The van der Waals surface area contributed by atoms with Crippen LogP contribution in [-0.2, 0) is 0 Å². The highest BCUT2D eigenvalue weighted by atomic mass is 35.5. The Morgan fingerprint density at radius 1 is 0.903 bits per heavy atom. The quantitative estimate of drug-likeness (QED) is 0.631. The van der Waals surface area contributed by atoms with Crippen LogP contribution in [0.2, 0.25) is 0 Å². The van der Waals surface area contributed by atoms with Gasteiger partial charge in [-0.1, -0.05) is 0 Å². The molecule has 31 heavy (non-hydrogen) atoms. The Morgan fingerprint density at radius 3 is 1.94 bits per heavy atom. The van der Waals surface area contributed by atoms with E-state index in [1.807, 2.05) is 38.0 Å². The molecule has 0 aromatic rings. The van der Waals surface area contributed by atoms with Crippen molar-refractivity contribution in [2.24, 2.45) is 9.98 Å². The Morgan fingerprint density at radius 2 is 1.42 bits per heavy atom. The molecule has 1 aliphatic heterocycles. The third kappa shape index (κ3) is 5.86. The second kappa shape index (κ2) is 11.3. The number of nitrogens with zero attached hydrogens (tertiary/aromatic N) is 5. The summed E-state index contributed by atoms with van der Waals surface area (Å²) in [7, 11) is 7.84. The number of phenols is 1. The summed E-state index contributed by atoms with van der Waals surface area (Å²) in [6.07, 6.45) is 6.25. The summed E-state index contributed by atoms with van der Waals surface area (Å²) < 4.78 is 0.809. The smallest absolute Gasteiger partial charge is 0.198 e. The van der Waals surface area contributed by atoms with E-state index in [9.17, 15) is 15.1 Å². The highest BCUT2D eigenvalue weighted by Crippen LogP contribution is 2.35.